The maximum absolute atomic E-state index is 9.85. The number of nitrogens with one attached hydrogen (secondary N) is 1. The Labute approximate surface area is 90.9 Å². The second-order valence-electron chi connectivity index (χ2n) is 5.04. The van der Waals surface area contributed by atoms with Crippen molar-refractivity contribution in [1.82, 2.24) is 5.32 Å². The third-order valence-corrected chi connectivity index (χ3v) is 2.94. The van der Waals surface area contributed by atoms with Gasteiger partial charge in [-0.2, -0.15) is 0 Å². The van der Waals surface area contributed by atoms with Crippen LogP contribution in [-0.4, -0.2) is 42.8 Å². The minimum absolute atomic E-state index is 0.188. The van der Waals surface area contributed by atoms with E-state index in [1.165, 1.54) is 12.8 Å². The summed E-state index contributed by atoms with van der Waals surface area (Å²) in [5.74, 6) is 0.302. The molecule has 2 atom stereocenters. The van der Waals surface area contributed by atoms with Crippen LogP contribution in [0.25, 0.3) is 0 Å². The molecule has 2 rings (SSSR count). The monoisotopic (exact) mass is 215 g/mol. The van der Waals surface area contributed by atoms with E-state index in [2.05, 4.69) is 5.32 Å². The molecule has 2 fully saturated rings. The third-order valence-electron chi connectivity index (χ3n) is 2.94. The maximum atomic E-state index is 9.85. The Bertz CT molecular complexity index is 216. The molecule has 0 aromatic rings. The second-order valence-corrected chi connectivity index (χ2v) is 5.04. The standard InChI is InChI=1S/C11H21NO3/c1-11(2)14-7-10(15-11)9(13)6-12-5-8-3-4-8/h8-10,12-13H,3-7H2,1-2H3. The predicted molar refractivity (Wildman–Crippen MR) is 56.5 cm³/mol. The number of hydrogen-bond acceptors (Lipinski definition) is 4. The highest BCUT2D eigenvalue weighted by atomic mass is 16.7. The van der Waals surface area contributed by atoms with E-state index < -0.39 is 11.9 Å². The molecule has 2 aliphatic rings. The zero-order valence-electron chi connectivity index (χ0n) is 9.53. The van der Waals surface area contributed by atoms with Gasteiger partial charge in [-0.25, -0.2) is 0 Å². The van der Waals surface area contributed by atoms with Gasteiger partial charge in [-0.05, 0) is 39.2 Å². The Morgan fingerprint density at radius 3 is 2.73 bits per heavy atom. The Hall–Kier alpha value is -0.160. The summed E-state index contributed by atoms with van der Waals surface area (Å²) in [6.45, 7) is 5.85. The van der Waals surface area contributed by atoms with Crippen molar-refractivity contribution >= 4 is 0 Å². The molecule has 0 aromatic heterocycles. The van der Waals surface area contributed by atoms with Gasteiger partial charge >= 0.3 is 0 Å². The van der Waals surface area contributed by atoms with E-state index in [0.29, 0.717) is 13.2 Å². The Morgan fingerprint density at radius 1 is 1.47 bits per heavy atom. The fraction of sp³-hybridized carbons (Fsp3) is 1.00. The normalized spacial score (nSPS) is 31.8. The van der Waals surface area contributed by atoms with E-state index in [9.17, 15) is 5.11 Å². The summed E-state index contributed by atoms with van der Waals surface area (Å²) < 4.78 is 11.0. The summed E-state index contributed by atoms with van der Waals surface area (Å²) in [5, 5.41) is 13.1. The highest BCUT2D eigenvalue weighted by Gasteiger charge is 2.36. The lowest BCUT2D eigenvalue weighted by atomic mass is 10.2. The van der Waals surface area contributed by atoms with Crippen LogP contribution in [0.2, 0.25) is 0 Å². The molecule has 4 nitrogen and oxygen atoms in total. The van der Waals surface area contributed by atoms with Gasteiger partial charge in [0.1, 0.15) is 6.10 Å². The molecule has 0 amide bonds. The topological polar surface area (TPSA) is 50.7 Å². The molecule has 4 heteroatoms. The minimum Gasteiger partial charge on any atom is -0.389 e. The number of rotatable bonds is 5. The molecule has 0 spiro atoms. The first-order chi connectivity index (χ1) is 7.07. The number of aliphatic hydroxyl groups is 1. The molecular weight excluding hydrogens is 194 g/mol. The van der Waals surface area contributed by atoms with Gasteiger partial charge in [0, 0.05) is 6.54 Å². The SMILES string of the molecule is CC1(C)OCC(C(O)CNCC2CC2)O1. The number of hydrogen-bond donors (Lipinski definition) is 2. The van der Waals surface area contributed by atoms with E-state index >= 15 is 0 Å². The van der Waals surface area contributed by atoms with Gasteiger partial charge in [-0.15, -0.1) is 0 Å². The fourth-order valence-corrected chi connectivity index (χ4v) is 1.79. The zero-order valence-corrected chi connectivity index (χ0v) is 9.53. The zero-order chi connectivity index (χ0) is 10.9. The van der Waals surface area contributed by atoms with Gasteiger partial charge in [0.25, 0.3) is 0 Å². The van der Waals surface area contributed by atoms with Gasteiger partial charge in [-0.1, -0.05) is 0 Å². The number of aliphatic hydroxyl groups excluding tert-OH is 1. The Kier molecular flexibility index (Phi) is 3.30. The van der Waals surface area contributed by atoms with Crippen molar-refractivity contribution < 1.29 is 14.6 Å². The summed E-state index contributed by atoms with van der Waals surface area (Å²) in [5.41, 5.74) is 0. The fourth-order valence-electron chi connectivity index (χ4n) is 1.79. The van der Waals surface area contributed by atoms with Gasteiger partial charge in [0.05, 0.1) is 12.7 Å². The van der Waals surface area contributed by atoms with Crippen LogP contribution in [0.5, 0.6) is 0 Å². The molecule has 1 aliphatic heterocycles. The van der Waals surface area contributed by atoms with Crippen LogP contribution in [0.4, 0.5) is 0 Å². The molecule has 0 radical (unpaired) electrons. The van der Waals surface area contributed by atoms with Crippen molar-refractivity contribution in [3.8, 4) is 0 Å². The lowest BCUT2D eigenvalue weighted by Gasteiger charge is -2.20. The Morgan fingerprint density at radius 2 is 2.20 bits per heavy atom. The van der Waals surface area contributed by atoms with Crippen molar-refractivity contribution in [2.75, 3.05) is 19.7 Å². The lowest BCUT2D eigenvalue weighted by Crippen LogP contribution is -2.39. The first-order valence-corrected chi connectivity index (χ1v) is 5.77. The Balaban J connectivity index is 1.64. The van der Waals surface area contributed by atoms with E-state index in [1.807, 2.05) is 13.8 Å². The third kappa shape index (κ3) is 3.41. The van der Waals surface area contributed by atoms with Gasteiger partial charge in [0.15, 0.2) is 5.79 Å². The maximum Gasteiger partial charge on any atom is 0.163 e. The molecule has 1 heterocycles. The summed E-state index contributed by atoms with van der Waals surface area (Å²) in [7, 11) is 0. The largest absolute Gasteiger partial charge is 0.389 e. The summed E-state index contributed by atoms with van der Waals surface area (Å²) in [6.07, 6.45) is 2.01. The van der Waals surface area contributed by atoms with Crippen LogP contribution in [0.15, 0.2) is 0 Å². The average Bonchev–Trinajstić information content (AvgIpc) is 2.90. The first kappa shape index (κ1) is 11.3. The van der Waals surface area contributed by atoms with E-state index in [1.54, 1.807) is 0 Å². The molecule has 1 saturated carbocycles. The molecule has 88 valence electrons. The molecule has 15 heavy (non-hydrogen) atoms. The van der Waals surface area contributed by atoms with Crippen LogP contribution in [0.1, 0.15) is 26.7 Å². The van der Waals surface area contributed by atoms with E-state index in [0.717, 1.165) is 12.5 Å². The van der Waals surface area contributed by atoms with Crippen molar-refractivity contribution in [3.05, 3.63) is 0 Å². The van der Waals surface area contributed by atoms with E-state index in [-0.39, 0.29) is 6.10 Å². The first-order valence-electron chi connectivity index (χ1n) is 5.77. The summed E-state index contributed by atoms with van der Waals surface area (Å²) >= 11 is 0. The van der Waals surface area contributed by atoms with Gasteiger partial charge in [-0.3, -0.25) is 0 Å². The van der Waals surface area contributed by atoms with Crippen LogP contribution in [0, 0.1) is 5.92 Å². The average molecular weight is 215 g/mol. The molecular formula is C11H21NO3. The van der Waals surface area contributed by atoms with Crippen molar-refractivity contribution in [1.29, 1.82) is 0 Å². The summed E-state index contributed by atoms with van der Waals surface area (Å²) in [6, 6.07) is 0. The molecule has 2 unspecified atom stereocenters. The van der Waals surface area contributed by atoms with Gasteiger partial charge < -0.3 is 19.9 Å². The predicted octanol–water partition coefficient (Wildman–Crippen LogP) is 0.498. The second kappa shape index (κ2) is 4.37. The molecule has 1 saturated heterocycles. The van der Waals surface area contributed by atoms with Crippen molar-refractivity contribution in [3.63, 3.8) is 0 Å². The smallest absolute Gasteiger partial charge is 0.163 e. The van der Waals surface area contributed by atoms with E-state index in [4.69, 9.17) is 9.47 Å². The van der Waals surface area contributed by atoms with Crippen LogP contribution >= 0.6 is 0 Å². The molecule has 1 aliphatic carbocycles. The van der Waals surface area contributed by atoms with Crippen LogP contribution < -0.4 is 5.32 Å². The summed E-state index contributed by atoms with van der Waals surface area (Å²) in [4.78, 5) is 0. The van der Waals surface area contributed by atoms with Crippen molar-refractivity contribution in [2.24, 2.45) is 5.92 Å². The highest BCUT2D eigenvalue weighted by Crippen LogP contribution is 2.27. The number of ether oxygens (including phenoxy) is 2. The highest BCUT2D eigenvalue weighted by molar-refractivity contribution is 4.81. The minimum atomic E-state index is -0.540. The van der Waals surface area contributed by atoms with Crippen molar-refractivity contribution in [2.45, 2.75) is 44.7 Å². The van der Waals surface area contributed by atoms with Crippen LogP contribution in [-0.2, 0) is 9.47 Å². The molecule has 0 bridgehead atoms. The molecule has 2 N–H and O–H groups in total. The molecule has 0 aromatic carbocycles. The lowest BCUT2D eigenvalue weighted by molar-refractivity contribution is -0.150. The van der Waals surface area contributed by atoms with Crippen LogP contribution in [0.3, 0.4) is 0 Å². The van der Waals surface area contributed by atoms with Gasteiger partial charge in [0.2, 0.25) is 0 Å². The quantitative estimate of drug-likeness (QED) is 0.701.